The van der Waals surface area contributed by atoms with Gasteiger partial charge in [0.2, 0.25) is 0 Å². The summed E-state index contributed by atoms with van der Waals surface area (Å²) in [6.07, 6.45) is 2.95. The minimum Gasteiger partial charge on any atom is -0.467 e. The van der Waals surface area contributed by atoms with Crippen LogP contribution in [-0.2, 0) is 17.9 Å². The molecule has 112 valence electrons. The van der Waals surface area contributed by atoms with E-state index >= 15 is 0 Å². The minimum absolute atomic E-state index is 0.0173. The molecule has 1 aromatic carbocycles. The standard InChI is InChI=1S/C16H14BrN3O2/c17-14-5-3-12(4-6-14)9-19-10-13(8-18)16(21)20-11-15-2-1-7-22-15/h1-7,10,19H,9,11H2,(H,20,21)/b13-10-. The molecule has 0 fully saturated rings. The van der Waals surface area contributed by atoms with Gasteiger partial charge in [0.15, 0.2) is 0 Å². The normalized spacial score (nSPS) is 10.8. The van der Waals surface area contributed by atoms with Gasteiger partial charge >= 0.3 is 0 Å². The van der Waals surface area contributed by atoms with Gasteiger partial charge in [0.1, 0.15) is 17.4 Å². The van der Waals surface area contributed by atoms with E-state index in [-0.39, 0.29) is 12.1 Å². The van der Waals surface area contributed by atoms with E-state index in [0.717, 1.165) is 10.0 Å². The maximum atomic E-state index is 11.9. The molecule has 0 unspecified atom stereocenters. The zero-order valence-electron chi connectivity index (χ0n) is 11.7. The van der Waals surface area contributed by atoms with E-state index in [1.54, 1.807) is 12.1 Å². The Kier molecular flexibility index (Phi) is 5.81. The largest absolute Gasteiger partial charge is 0.467 e. The Labute approximate surface area is 136 Å². The molecule has 22 heavy (non-hydrogen) atoms. The van der Waals surface area contributed by atoms with Crippen molar-refractivity contribution in [3.05, 3.63) is 70.2 Å². The molecule has 0 aliphatic rings. The number of nitrogens with one attached hydrogen (secondary N) is 2. The fraction of sp³-hybridized carbons (Fsp3) is 0.125. The first-order valence-corrected chi connectivity index (χ1v) is 7.37. The summed E-state index contributed by atoms with van der Waals surface area (Å²) in [5.41, 5.74) is 1.07. The van der Waals surface area contributed by atoms with E-state index < -0.39 is 5.91 Å². The predicted molar refractivity (Wildman–Crippen MR) is 85.2 cm³/mol. The third kappa shape index (κ3) is 4.79. The molecule has 2 aromatic rings. The van der Waals surface area contributed by atoms with Crippen LogP contribution in [0.15, 0.2) is 63.3 Å². The van der Waals surface area contributed by atoms with Crippen molar-refractivity contribution in [3.8, 4) is 6.07 Å². The van der Waals surface area contributed by atoms with Crippen molar-refractivity contribution in [2.24, 2.45) is 0 Å². The number of nitrogens with zero attached hydrogens (tertiary/aromatic N) is 1. The van der Waals surface area contributed by atoms with Crippen molar-refractivity contribution >= 4 is 21.8 Å². The van der Waals surface area contributed by atoms with Crippen LogP contribution in [0.5, 0.6) is 0 Å². The topological polar surface area (TPSA) is 78.1 Å². The van der Waals surface area contributed by atoms with Crippen LogP contribution >= 0.6 is 15.9 Å². The Morgan fingerprint density at radius 3 is 2.68 bits per heavy atom. The molecule has 2 N–H and O–H groups in total. The van der Waals surface area contributed by atoms with Crippen LogP contribution in [0.1, 0.15) is 11.3 Å². The number of benzene rings is 1. The number of hydrogen-bond acceptors (Lipinski definition) is 4. The van der Waals surface area contributed by atoms with Gasteiger partial charge in [-0.1, -0.05) is 28.1 Å². The number of furan rings is 1. The zero-order valence-corrected chi connectivity index (χ0v) is 13.3. The molecule has 0 atom stereocenters. The molecule has 2 rings (SSSR count). The van der Waals surface area contributed by atoms with E-state index in [0.29, 0.717) is 12.3 Å². The number of amides is 1. The van der Waals surface area contributed by atoms with Gasteiger partial charge < -0.3 is 15.1 Å². The van der Waals surface area contributed by atoms with Crippen molar-refractivity contribution in [1.82, 2.24) is 10.6 Å². The van der Waals surface area contributed by atoms with E-state index in [2.05, 4.69) is 26.6 Å². The zero-order chi connectivity index (χ0) is 15.8. The first-order valence-electron chi connectivity index (χ1n) is 6.57. The Balaban J connectivity index is 1.85. The van der Waals surface area contributed by atoms with E-state index in [1.165, 1.54) is 12.5 Å². The van der Waals surface area contributed by atoms with Crippen LogP contribution in [0.3, 0.4) is 0 Å². The van der Waals surface area contributed by atoms with Crippen LogP contribution < -0.4 is 10.6 Å². The maximum absolute atomic E-state index is 11.9. The predicted octanol–water partition coefficient (Wildman–Crippen LogP) is 2.86. The quantitative estimate of drug-likeness (QED) is 0.613. The summed E-state index contributed by atoms with van der Waals surface area (Å²) >= 11 is 3.36. The van der Waals surface area contributed by atoms with Gasteiger partial charge in [-0.2, -0.15) is 5.26 Å². The Bertz CT molecular complexity index is 685. The molecule has 5 nitrogen and oxygen atoms in total. The molecule has 1 heterocycles. The average Bonchev–Trinajstić information content (AvgIpc) is 3.04. The number of hydrogen-bond donors (Lipinski definition) is 2. The minimum atomic E-state index is -0.442. The number of nitriles is 1. The van der Waals surface area contributed by atoms with Crippen molar-refractivity contribution in [1.29, 1.82) is 5.26 Å². The highest BCUT2D eigenvalue weighted by molar-refractivity contribution is 9.10. The van der Waals surface area contributed by atoms with E-state index in [1.807, 2.05) is 30.3 Å². The summed E-state index contributed by atoms with van der Waals surface area (Å²) < 4.78 is 6.11. The monoisotopic (exact) mass is 359 g/mol. The molecule has 0 bridgehead atoms. The van der Waals surface area contributed by atoms with Crippen molar-refractivity contribution in [3.63, 3.8) is 0 Å². The van der Waals surface area contributed by atoms with Crippen LogP contribution in [0.2, 0.25) is 0 Å². The van der Waals surface area contributed by atoms with Crippen molar-refractivity contribution in [2.75, 3.05) is 0 Å². The fourth-order valence-electron chi connectivity index (χ4n) is 1.70. The molecule has 1 amide bonds. The summed E-state index contributed by atoms with van der Waals surface area (Å²) in [5.74, 6) is 0.190. The maximum Gasteiger partial charge on any atom is 0.263 e. The van der Waals surface area contributed by atoms with Gasteiger partial charge in [-0.15, -0.1) is 0 Å². The summed E-state index contributed by atoms with van der Waals surface area (Å²) in [5, 5.41) is 14.6. The van der Waals surface area contributed by atoms with Gasteiger partial charge in [-0.05, 0) is 29.8 Å². The van der Waals surface area contributed by atoms with Crippen molar-refractivity contribution < 1.29 is 9.21 Å². The molecule has 0 aliphatic heterocycles. The average molecular weight is 360 g/mol. The van der Waals surface area contributed by atoms with Gasteiger partial charge in [0.05, 0.1) is 12.8 Å². The number of rotatable bonds is 6. The second-order valence-corrected chi connectivity index (χ2v) is 5.35. The highest BCUT2D eigenvalue weighted by Crippen LogP contribution is 2.10. The first kappa shape index (κ1) is 15.9. The molecule has 0 radical (unpaired) electrons. The number of carbonyl (C=O) groups is 1. The molecule has 6 heteroatoms. The lowest BCUT2D eigenvalue weighted by Crippen LogP contribution is -2.25. The SMILES string of the molecule is N#C/C(=C/NCc1ccc(Br)cc1)C(=O)NCc1ccco1. The van der Waals surface area contributed by atoms with E-state index in [9.17, 15) is 4.79 Å². The fourth-order valence-corrected chi connectivity index (χ4v) is 1.96. The van der Waals surface area contributed by atoms with Crippen LogP contribution in [0.25, 0.3) is 0 Å². The Morgan fingerprint density at radius 2 is 2.05 bits per heavy atom. The van der Waals surface area contributed by atoms with Gasteiger partial charge in [0, 0.05) is 17.2 Å². The third-order valence-corrected chi connectivity index (χ3v) is 3.36. The van der Waals surface area contributed by atoms with Gasteiger partial charge in [-0.25, -0.2) is 0 Å². The Hall–Kier alpha value is -2.52. The molecule has 0 saturated carbocycles. The smallest absolute Gasteiger partial charge is 0.263 e. The van der Waals surface area contributed by atoms with Crippen LogP contribution in [-0.4, -0.2) is 5.91 Å². The summed E-state index contributed by atoms with van der Waals surface area (Å²) in [4.78, 5) is 11.9. The molecule has 0 aliphatic carbocycles. The second-order valence-electron chi connectivity index (χ2n) is 4.44. The second kappa shape index (κ2) is 8.05. The molecule has 0 spiro atoms. The molecular formula is C16H14BrN3O2. The lowest BCUT2D eigenvalue weighted by Gasteiger charge is -2.04. The number of halogens is 1. The number of carbonyl (C=O) groups excluding carboxylic acids is 1. The highest BCUT2D eigenvalue weighted by atomic mass is 79.9. The van der Waals surface area contributed by atoms with Gasteiger partial charge in [-0.3, -0.25) is 4.79 Å². The molecule has 1 aromatic heterocycles. The summed E-state index contributed by atoms with van der Waals surface area (Å²) in [6.45, 7) is 0.779. The van der Waals surface area contributed by atoms with Crippen LogP contribution in [0.4, 0.5) is 0 Å². The van der Waals surface area contributed by atoms with E-state index in [4.69, 9.17) is 9.68 Å². The lowest BCUT2D eigenvalue weighted by molar-refractivity contribution is -0.117. The summed E-state index contributed by atoms with van der Waals surface area (Å²) in [6, 6.07) is 13.1. The molecular weight excluding hydrogens is 346 g/mol. The van der Waals surface area contributed by atoms with Gasteiger partial charge in [0.25, 0.3) is 5.91 Å². The van der Waals surface area contributed by atoms with Crippen molar-refractivity contribution in [2.45, 2.75) is 13.1 Å². The van der Waals surface area contributed by atoms with Crippen LogP contribution in [0, 0.1) is 11.3 Å². The Morgan fingerprint density at radius 1 is 1.27 bits per heavy atom. The lowest BCUT2D eigenvalue weighted by atomic mass is 10.2. The molecule has 0 saturated heterocycles. The summed E-state index contributed by atoms with van der Waals surface area (Å²) in [7, 11) is 0. The first-order chi connectivity index (χ1) is 10.7. The highest BCUT2D eigenvalue weighted by Gasteiger charge is 2.08. The third-order valence-electron chi connectivity index (χ3n) is 2.83.